The number of amides is 1. The van der Waals surface area contributed by atoms with Crippen molar-refractivity contribution in [3.63, 3.8) is 0 Å². The number of hydrogen-bond acceptors (Lipinski definition) is 4. The fourth-order valence-corrected chi connectivity index (χ4v) is 4.00. The van der Waals surface area contributed by atoms with Crippen molar-refractivity contribution in [2.24, 2.45) is 5.92 Å². The van der Waals surface area contributed by atoms with Crippen molar-refractivity contribution < 1.29 is 13.2 Å². The van der Waals surface area contributed by atoms with Gasteiger partial charge in [0, 0.05) is 0 Å². The van der Waals surface area contributed by atoms with Crippen molar-refractivity contribution in [2.75, 3.05) is 5.75 Å². The SMILES string of the molecule is CCCC(C)CS(=O)(=O)NC(=O)Cc1ccc2[nH]c(=O)[nH]c2c1. The first kappa shape index (κ1) is 17.3. The molecule has 1 unspecified atom stereocenters. The molecule has 1 heterocycles. The minimum Gasteiger partial charge on any atom is -0.306 e. The van der Waals surface area contributed by atoms with Gasteiger partial charge in [-0.15, -0.1) is 0 Å². The fourth-order valence-electron chi connectivity index (χ4n) is 2.58. The molecule has 2 aromatic rings. The molecule has 1 amide bonds. The number of H-pyrrole nitrogens is 2. The number of carbonyl (C=O) groups excluding carboxylic acids is 1. The molecule has 0 saturated heterocycles. The Kier molecular flexibility index (Phi) is 5.25. The first-order valence-corrected chi connectivity index (χ1v) is 9.18. The van der Waals surface area contributed by atoms with Crippen LogP contribution in [0.25, 0.3) is 11.0 Å². The summed E-state index contributed by atoms with van der Waals surface area (Å²) < 4.78 is 26.0. The van der Waals surface area contributed by atoms with Gasteiger partial charge in [0.25, 0.3) is 0 Å². The van der Waals surface area contributed by atoms with Crippen molar-refractivity contribution in [1.82, 2.24) is 14.7 Å². The molecule has 23 heavy (non-hydrogen) atoms. The summed E-state index contributed by atoms with van der Waals surface area (Å²) in [4.78, 5) is 28.3. The minimum absolute atomic E-state index is 0.00609. The monoisotopic (exact) mass is 339 g/mol. The summed E-state index contributed by atoms with van der Waals surface area (Å²) in [6.45, 7) is 3.84. The number of aromatic nitrogens is 2. The zero-order valence-corrected chi connectivity index (χ0v) is 14.0. The second-order valence-corrected chi connectivity index (χ2v) is 7.60. The summed E-state index contributed by atoms with van der Waals surface area (Å²) >= 11 is 0. The zero-order valence-electron chi connectivity index (χ0n) is 13.2. The molecular weight excluding hydrogens is 318 g/mol. The number of aromatic amines is 2. The second-order valence-electron chi connectivity index (χ2n) is 5.84. The molecule has 7 nitrogen and oxygen atoms in total. The molecule has 0 aliphatic carbocycles. The average molecular weight is 339 g/mol. The van der Waals surface area contributed by atoms with Crippen LogP contribution in [-0.2, 0) is 21.2 Å². The molecule has 3 N–H and O–H groups in total. The van der Waals surface area contributed by atoms with Gasteiger partial charge in [-0.1, -0.05) is 26.3 Å². The van der Waals surface area contributed by atoms with Crippen LogP contribution in [0.15, 0.2) is 23.0 Å². The van der Waals surface area contributed by atoms with Gasteiger partial charge in [-0.05, 0) is 30.0 Å². The number of hydrogen-bond donors (Lipinski definition) is 3. The van der Waals surface area contributed by atoms with E-state index in [1.54, 1.807) is 18.2 Å². The van der Waals surface area contributed by atoms with Crippen molar-refractivity contribution >= 4 is 27.0 Å². The smallest absolute Gasteiger partial charge is 0.306 e. The first-order valence-electron chi connectivity index (χ1n) is 7.53. The van der Waals surface area contributed by atoms with Gasteiger partial charge in [-0.2, -0.15) is 0 Å². The van der Waals surface area contributed by atoms with E-state index in [0.29, 0.717) is 16.6 Å². The fraction of sp³-hybridized carbons (Fsp3) is 0.467. The standard InChI is InChI=1S/C15H21N3O4S/c1-3-4-10(2)9-23(21,22)18-14(19)8-11-5-6-12-13(7-11)17-15(20)16-12/h5-7,10H,3-4,8-9H2,1-2H3,(H,18,19)(H2,16,17,20). The Morgan fingerprint density at radius 1 is 1.26 bits per heavy atom. The third kappa shape index (κ3) is 4.95. The molecule has 0 spiro atoms. The highest BCUT2D eigenvalue weighted by Gasteiger charge is 2.18. The molecule has 0 bridgehead atoms. The molecule has 126 valence electrons. The molecule has 0 aliphatic heterocycles. The molecule has 0 saturated carbocycles. The molecule has 8 heteroatoms. The number of benzene rings is 1. The summed E-state index contributed by atoms with van der Waals surface area (Å²) in [5, 5.41) is 0. The number of sulfonamides is 1. The number of fused-ring (bicyclic) bond motifs is 1. The molecule has 1 atom stereocenters. The zero-order chi connectivity index (χ0) is 17.0. The molecule has 0 fully saturated rings. The van der Waals surface area contributed by atoms with Crippen LogP contribution in [0.4, 0.5) is 0 Å². The summed E-state index contributed by atoms with van der Waals surface area (Å²) in [7, 11) is -3.62. The Balaban J connectivity index is 2.01. The van der Waals surface area contributed by atoms with Crippen LogP contribution in [0.3, 0.4) is 0 Å². The van der Waals surface area contributed by atoms with Crippen LogP contribution in [-0.4, -0.2) is 30.0 Å². The number of carbonyl (C=O) groups is 1. The number of rotatable bonds is 7. The number of nitrogens with one attached hydrogen (secondary N) is 3. The van der Waals surface area contributed by atoms with Crippen molar-refractivity contribution in [1.29, 1.82) is 0 Å². The lowest BCUT2D eigenvalue weighted by Gasteiger charge is -2.11. The Hall–Kier alpha value is -2.09. The number of imidazole rings is 1. The summed E-state index contributed by atoms with van der Waals surface area (Å²) in [5.41, 5.74) is 1.52. The van der Waals surface area contributed by atoms with Crippen molar-refractivity contribution in [3.05, 3.63) is 34.2 Å². The summed E-state index contributed by atoms with van der Waals surface area (Å²) in [6, 6.07) is 5.00. The van der Waals surface area contributed by atoms with Crippen LogP contribution < -0.4 is 10.4 Å². The first-order chi connectivity index (χ1) is 10.8. The van der Waals surface area contributed by atoms with Gasteiger partial charge < -0.3 is 9.97 Å². The molecule has 0 aliphatic rings. The van der Waals surface area contributed by atoms with Gasteiger partial charge in [0.1, 0.15) is 0 Å². The predicted molar refractivity (Wildman–Crippen MR) is 88.6 cm³/mol. The second kappa shape index (κ2) is 6.99. The van der Waals surface area contributed by atoms with Crippen molar-refractivity contribution in [3.8, 4) is 0 Å². The van der Waals surface area contributed by atoms with Gasteiger partial charge in [0.15, 0.2) is 0 Å². The molecule has 0 radical (unpaired) electrons. The van der Waals surface area contributed by atoms with E-state index in [2.05, 4.69) is 14.7 Å². The Morgan fingerprint density at radius 3 is 2.65 bits per heavy atom. The van der Waals surface area contributed by atoms with Crippen LogP contribution in [0.1, 0.15) is 32.3 Å². The summed E-state index contributed by atoms with van der Waals surface area (Å²) in [6.07, 6.45) is 1.64. The maximum Gasteiger partial charge on any atom is 0.323 e. The van der Waals surface area contributed by atoms with Gasteiger partial charge in [0.05, 0.1) is 23.2 Å². The van der Waals surface area contributed by atoms with Gasteiger partial charge in [0.2, 0.25) is 15.9 Å². The van der Waals surface area contributed by atoms with Gasteiger partial charge >= 0.3 is 5.69 Å². The lowest BCUT2D eigenvalue weighted by Crippen LogP contribution is -2.35. The third-order valence-corrected chi connectivity index (χ3v) is 5.05. The molecule has 2 rings (SSSR count). The molecular formula is C15H21N3O4S. The highest BCUT2D eigenvalue weighted by Crippen LogP contribution is 2.11. The lowest BCUT2D eigenvalue weighted by atomic mass is 10.1. The minimum atomic E-state index is -3.62. The predicted octanol–water partition coefficient (Wildman–Crippen LogP) is 1.28. The van der Waals surface area contributed by atoms with Crippen LogP contribution in [0.5, 0.6) is 0 Å². The Morgan fingerprint density at radius 2 is 1.96 bits per heavy atom. The van der Waals surface area contributed by atoms with Crippen LogP contribution in [0, 0.1) is 5.92 Å². The highest BCUT2D eigenvalue weighted by molar-refractivity contribution is 7.90. The topological polar surface area (TPSA) is 112 Å². The van der Waals surface area contributed by atoms with E-state index in [9.17, 15) is 18.0 Å². The normalized spacial score (nSPS) is 13.1. The highest BCUT2D eigenvalue weighted by atomic mass is 32.2. The van der Waals surface area contributed by atoms with E-state index >= 15 is 0 Å². The maximum atomic E-state index is 11.9. The van der Waals surface area contributed by atoms with E-state index in [4.69, 9.17) is 0 Å². The van der Waals surface area contributed by atoms with Crippen LogP contribution >= 0.6 is 0 Å². The van der Waals surface area contributed by atoms with E-state index in [-0.39, 0.29) is 23.8 Å². The largest absolute Gasteiger partial charge is 0.323 e. The molecule has 1 aromatic heterocycles. The van der Waals surface area contributed by atoms with E-state index in [0.717, 1.165) is 12.8 Å². The van der Waals surface area contributed by atoms with E-state index in [1.807, 2.05) is 13.8 Å². The summed E-state index contributed by atoms with van der Waals surface area (Å²) in [5.74, 6) is -0.631. The maximum absolute atomic E-state index is 11.9. The van der Waals surface area contributed by atoms with E-state index in [1.165, 1.54) is 0 Å². The van der Waals surface area contributed by atoms with Gasteiger partial charge in [-0.3, -0.25) is 9.52 Å². The van der Waals surface area contributed by atoms with E-state index < -0.39 is 15.9 Å². The average Bonchev–Trinajstić information content (AvgIpc) is 2.76. The lowest BCUT2D eigenvalue weighted by molar-refractivity contribution is -0.118. The quantitative estimate of drug-likeness (QED) is 0.705. The third-order valence-electron chi connectivity index (χ3n) is 3.50. The Bertz CT molecular complexity index is 851. The van der Waals surface area contributed by atoms with Crippen molar-refractivity contribution in [2.45, 2.75) is 33.1 Å². The molecule has 1 aromatic carbocycles. The van der Waals surface area contributed by atoms with Crippen LogP contribution in [0.2, 0.25) is 0 Å². The van der Waals surface area contributed by atoms with Gasteiger partial charge in [-0.25, -0.2) is 13.2 Å². The Labute approximate surface area is 134 Å².